The molecule has 1 aliphatic heterocycles. The molecule has 0 aromatic rings. The molecule has 0 saturated carbocycles. The van der Waals surface area contributed by atoms with Gasteiger partial charge in [-0.3, -0.25) is 4.79 Å². The second kappa shape index (κ2) is 4.53. The quantitative estimate of drug-likeness (QED) is 0.726. The first-order valence-electron chi connectivity index (χ1n) is 4.97. The summed E-state index contributed by atoms with van der Waals surface area (Å²) in [6.07, 6.45) is 1.47. The SMILES string of the molecule is COC(=O)CC1(C(C)N)CCSC1C. The van der Waals surface area contributed by atoms with Crippen molar-refractivity contribution in [2.75, 3.05) is 12.9 Å². The van der Waals surface area contributed by atoms with Gasteiger partial charge in [0.05, 0.1) is 13.5 Å². The van der Waals surface area contributed by atoms with Crippen molar-refractivity contribution in [2.24, 2.45) is 11.1 Å². The Hall–Kier alpha value is -0.220. The fourth-order valence-electron chi connectivity index (χ4n) is 2.13. The van der Waals surface area contributed by atoms with E-state index in [1.807, 2.05) is 18.7 Å². The first-order valence-corrected chi connectivity index (χ1v) is 6.02. The normalized spacial score (nSPS) is 34.1. The Morgan fingerprint density at radius 1 is 1.79 bits per heavy atom. The average Bonchev–Trinajstić information content (AvgIpc) is 2.49. The average molecular weight is 217 g/mol. The molecule has 3 nitrogen and oxygen atoms in total. The Kier molecular flexibility index (Phi) is 3.84. The summed E-state index contributed by atoms with van der Waals surface area (Å²) in [6.45, 7) is 4.15. The van der Waals surface area contributed by atoms with Crippen LogP contribution in [0.3, 0.4) is 0 Å². The maximum Gasteiger partial charge on any atom is 0.306 e. The van der Waals surface area contributed by atoms with Crippen molar-refractivity contribution in [3.63, 3.8) is 0 Å². The van der Waals surface area contributed by atoms with Crippen LogP contribution in [0.1, 0.15) is 26.7 Å². The largest absolute Gasteiger partial charge is 0.469 e. The lowest BCUT2D eigenvalue weighted by Gasteiger charge is -2.35. The highest BCUT2D eigenvalue weighted by Gasteiger charge is 2.45. The van der Waals surface area contributed by atoms with Gasteiger partial charge in [-0.2, -0.15) is 11.8 Å². The summed E-state index contributed by atoms with van der Waals surface area (Å²) >= 11 is 1.90. The second-order valence-corrected chi connectivity index (χ2v) is 5.49. The molecular weight excluding hydrogens is 198 g/mol. The van der Waals surface area contributed by atoms with Gasteiger partial charge in [0, 0.05) is 16.7 Å². The van der Waals surface area contributed by atoms with E-state index in [0.29, 0.717) is 11.7 Å². The number of methoxy groups -OCH3 is 1. The van der Waals surface area contributed by atoms with Crippen molar-refractivity contribution in [1.82, 2.24) is 0 Å². The number of thioether (sulfide) groups is 1. The number of esters is 1. The molecule has 3 atom stereocenters. The minimum Gasteiger partial charge on any atom is -0.469 e. The zero-order valence-corrected chi connectivity index (χ0v) is 9.89. The van der Waals surface area contributed by atoms with Crippen LogP contribution in [0.4, 0.5) is 0 Å². The lowest BCUT2D eigenvalue weighted by atomic mass is 9.74. The first-order chi connectivity index (χ1) is 6.53. The highest BCUT2D eigenvalue weighted by atomic mass is 32.2. The molecule has 2 N–H and O–H groups in total. The van der Waals surface area contributed by atoms with Crippen LogP contribution in [-0.2, 0) is 9.53 Å². The van der Waals surface area contributed by atoms with E-state index in [1.165, 1.54) is 7.11 Å². The Morgan fingerprint density at radius 3 is 2.79 bits per heavy atom. The molecule has 0 spiro atoms. The van der Waals surface area contributed by atoms with Crippen LogP contribution < -0.4 is 5.73 Å². The predicted octanol–water partition coefficient (Wildman–Crippen LogP) is 1.41. The van der Waals surface area contributed by atoms with Crippen LogP contribution in [0.2, 0.25) is 0 Å². The van der Waals surface area contributed by atoms with Gasteiger partial charge < -0.3 is 10.5 Å². The highest BCUT2D eigenvalue weighted by Crippen LogP contribution is 2.47. The Labute approximate surface area is 89.8 Å². The van der Waals surface area contributed by atoms with Crippen LogP contribution >= 0.6 is 11.8 Å². The monoisotopic (exact) mass is 217 g/mol. The topological polar surface area (TPSA) is 52.3 Å². The third-order valence-electron chi connectivity index (χ3n) is 3.35. The van der Waals surface area contributed by atoms with Crippen molar-refractivity contribution in [3.8, 4) is 0 Å². The number of nitrogens with two attached hydrogens (primary N) is 1. The minimum atomic E-state index is -0.142. The number of carbonyl (C=O) groups is 1. The molecule has 0 amide bonds. The van der Waals surface area contributed by atoms with Crippen molar-refractivity contribution in [1.29, 1.82) is 0 Å². The molecule has 1 saturated heterocycles. The van der Waals surface area contributed by atoms with Gasteiger partial charge in [0.25, 0.3) is 0 Å². The highest BCUT2D eigenvalue weighted by molar-refractivity contribution is 8.00. The van der Waals surface area contributed by atoms with Gasteiger partial charge in [-0.05, 0) is 19.1 Å². The molecule has 82 valence electrons. The van der Waals surface area contributed by atoms with E-state index in [0.717, 1.165) is 12.2 Å². The molecule has 0 radical (unpaired) electrons. The smallest absolute Gasteiger partial charge is 0.306 e. The Bertz CT molecular complexity index is 220. The fraction of sp³-hybridized carbons (Fsp3) is 0.900. The number of hydrogen-bond acceptors (Lipinski definition) is 4. The maximum atomic E-state index is 11.3. The standard InChI is InChI=1S/C10H19NO2S/c1-7(11)10(6-9(12)13-3)4-5-14-8(10)2/h7-8H,4-6,11H2,1-3H3. The van der Waals surface area contributed by atoms with E-state index < -0.39 is 0 Å². The number of carbonyl (C=O) groups excluding carboxylic acids is 1. The molecule has 4 heteroatoms. The second-order valence-electron chi connectivity index (χ2n) is 4.04. The Morgan fingerprint density at radius 2 is 2.43 bits per heavy atom. The molecule has 1 rings (SSSR count). The lowest BCUT2D eigenvalue weighted by molar-refractivity contribution is -0.143. The summed E-state index contributed by atoms with van der Waals surface area (Å²) in [5.74, 6) is 0.955. The number of rotatable bonds is 3. The maximum absolute atomic E-state index is 11.3. The van der Waals surface area contributed by atoms with Gasteiger partial charge in [-0.1, -0.05) is 6.92 Å². The zero-order chi connectivity index (χ0) is 10.8. The van der Waals surface area contributed by atoms with E-state index >= 15 is 0 Å². The third-order valence-corrected chi connectivity index (χ3v) is 4.76. The van der Waals surface area contributed by atoms with E-state index in [2.05, 4.69) is 6.92 Å². The molecule has 0 aromatic carbocycles. The molecule has 1 aliphatic rings. The van der Waals surface area contributed by atoms with Crippen molar-refractivity contribution in [2.45, 2.75) is 38.0 Å². The van der Waals surface area contributed by atoms with Crippen molar-refractivity contribution in [3.05, 3.63) is 0 Å². The lowest BCUT2D eigenvalue weighted by Crippen LogP contribution is -2.45. The molecule has 1 heterocycles. The minimum absolute atomic E-state index is 0.0478. The van der Waals surface area contributed by atoms with Crippen LogP contribution in [0.5, 0.6) is 0 Å². The van der Waals surface area contributed by atoms with E-state index in [4.69, 9.17) is 10.5 Å². The van der Waals surface area contributed by atoms with Crippen LogP contribution in [0, 0.1) is 5.41 Å². The van der Waals surface area contributed by atoms with E-state index in [9.17, 15) is 4.79 Å². The van der Waals surface area contributed by atoms with Crippen LogP contribution in [-0.4, -0.2) is 30.1 Å². The summed E-state index contributed by atoms with van der Waals surface area (Å²) < 4.78 is 4.73. The summed E-state index contributed by atoms with van der Waals surface area (Å²) in [5.41, 5.74) is 5.95. The van der Waals surface area contributed by atoms with Gasteiger partial charge in [0.15, 0.2) is 0 Å². The predicted molar refractivity (Wildman–Crippen MR) is 59.3 cm³/mol. The van der Waals surface area contributed by atoms with Crippen molar-refractivity contribution >= 4 is 17.7 Å². The van der Waals surface area contributed by atoms with Gasteiger partial charge in [0.1, 0.15) is 0 Å². The van der Waals surface area contributed by atoms with Crippen LogP contribution in [0.15, 0.2) is 0 Å². The van der Waals surface area contributed by atoms with Gasteiger partial charge in [-0.25, -0.2) is 0 Å². The summed E-state index contributed by atoms with van der Waals surface area (Å²) in [5, 5.41) is 0.446. The molecule has 3 unspecified atom stereocenters. The molecule has 1 fully saturated rings. The number of hydrogen-bond donors (Lipinski definition) is 1. The van der Waals surface area contributed by atoms with E-state index in [-0.39, 0.29) is 17.4 Å². The van der Waals surface area contributed by atoms with Crippen LogP contribution in [0.25, 0.3) is 0 Å². The number of ether oxygens (including phenoxy) is 1. The first kappa shape index (κ1) is 11.9. The molecule has 0 aliphatic carbocycles. The Balaban J connectivity index is 2.77. The summed E-state index contributed by atoms with van der Waals surface area (Å²) in [7, 11) is 1.43. The molecular formula is C10H19NO2S. The molecule has 14 heavy (non-hydrogen) atoms. The fourth-order valence-corrected chi connectivity index (χ4v) is 3.73. The molecule has 0 aromatic heterocycles. The summed E-state index contributed by atoms with van der Waals surface area (Å²) in [4.78, 5) is 11.3. The van der Waals surface area contributed by atoms with Gasteiger partial charge in [0.2, 0.25) is 0 Å². The van der Waals surface area contributed by atoms with Crippen molar-refractivity contribution < 1.29 is 9.53 Å². The summed E-state index contributed by atoms with van der Waals surface area (Å²) in [6, 6.07) is 0.0478. The zero-order valence-electron chi connectivity index (χ0n) is 9.08. The van der Waals surface area contributed by atoms with E-state index in [1.54, 1.807) is 0 Å². The molecule has 0 bridgehead atoms. The van der Waals surface area contributed by atoms with Gasteiger partial charge >= 0.3 is 5.97 Å². The van der Waals surface area contributed by atoms with Gasteiger partial charge in [-0.15, -0.1) is 0 Å². The third kappa shape index (κ3) is 2.06.